The van der Waals surface area contributed by atoms with Crippen molar-refractivity contribution in [3.8, 4) is 0 Å². The normalized spacial score (nSPS) is 16.9. The first-order valence-corrected chi connectivity index (χ1v) is 6.34. The highest BCUT2D eigenvalue weighted by molar-refractivity contribution is 7.11. The molecular formula is C11H18N2S. The lowest BCUT2D eigenvalue weighted by atomic mass is 9.85. The standard InChI is InChI=1S/C11H18N2S/c1-2-10-7-13-11(14-10)8-12-6-9-4-3-5-9/h7,9,12H,2-6,8H2,1H3. The Bertz CT molecular complexity index is 279. The second-order valence-corrected chi connectivity index (χ2v) is 5.20. The van der Waals surface area contributed by atoms with Crippen molar-refractivity contribution in [1.29, 1.82) is 0 Å². The van der Waals surface area contributed by atoms with E-state index in [1.807, 2.05) is 17.5 Å². The highest BCUT2D eigenvalue weighted by atomic mass is 32.1. The van der Waals surface area contributed by atoms with Crippen LogP contribution >= 0.6 is 11.3 Å². The SMILES string of the molecule is CCc1cnc(CNCC2CCC2)s1. The van der Waals surface area contributed by atoms with E-state index in [4.69, 9.17) is 0 Å². The molecule has 0 spiro atoms. The van der Waals surface area contributed by atoms with Crippen molar-refractivity contribution < 1.29 is 0 Å². The molecule has 1 aromatic heterocycles. The van der Waals surface area contributed by atoms with Crippen LogP contribution in [0.1, 0.15) is 36.1 Å². The molecule has 1 heterocycles. The predicted molar refractivity (Wildman–Crippen MR) is 60.5 cm³/mol. The molecule has 0 radical (unpaired) electrons. The number of nitrogens with one attached hydrogen (secondary N) is 1. The van der Waals surface area contributed by atoms with Crippen LogP contribution in [0.25, 0.3) is 0 Å². The van der Waals surface area contributed by atoms with E-state index in [0.29, 0.717) is 0 Å². The number of aromatic nitrogens is 1. The minimum atomic E-state index is 0.945. The van der Waals surface area contributed by atoms with Crippen LogP contribution in [0.5, 0.6) is 0 Å². The highest BCUT2D eigenvalue weighted by Crippen LogP contribution is 2.25. The van der Waals surface area contributed by atoms with Crippen molar-refractivity contribution in [3.63, 3.8) is 0 Å². The van der Waals surface area contributed by atoms with E-state index in [1.165, 1.54) is 35.7 Å². The number of rotatable bonds is 5. The second kappa shape index (κ2) is 4.89. The number of hydrogen-bond acceptors (Lipinski definition) is 3. The maximum atomic E-state index is 4.38. The lowest BCUT2D eigenvalue weighted by molar-refractivity contribution is 0.301. The molecule has 1 fully saturated rings. The number of hydrogen-bond donors (Lipinski definition) is 1. The van der Waals surface area contributed by atoms with Gasteiger partial charge in [-0.15, -0.1) is 11.3 Å². The molecule has 1 aliphatic rings. The van der Waals surface area contributed by atoms with Crippen molar-refractivity contribution >= 4 is 11.3 Å². The molecule has 1 aromatic rings. The van der Waals surface area contributed by atoms with Gasteiger partial charge in [-0.25, -0.2) is 4.98 Å². The Morgan fingerprint density at radius 1 is 1.57 bits per heavy atom. The molecule has 0 atom stereocenters. The summed E-state index contributed by atoms with van der Waals surface area (Å²) < 4.78 is 0. The van der Waals surface area contributed by atoms with Crippen molar-refractivity contribution in [2.24, 2.45) is 5.92 Å². The molecule has 0 bridgehead atoms. The average Bonchev–Trinajstić information content (AvgIpc) is 2.57. The number of nitrogens with zero attached hydrogens (tertiary/aromatic N) is 1. The van der Waals surface area contributed by atoms with Crippen molar-refractivity contribution in [2.75, 3.05) is 6.54 Å². The fraction of sp³-hybridized carbons (Fsp3) is 0.727. The van der Waals surface area contributed by atoms with Crippen LogP contribution in [0, 0.1) is 5.92 Å². The predicted octanol–water partition coefficient (Wildman–Crippen LogP) is 2.60. The Morgan fingerprint density at radius 3 is 3.00 bits per heavy atom. The van der Waals surface area contributed by atoms with Gasteiger partial charge in [-0.2, -0.15) is 0 Å². The zero-order valence-electron chi connectivity index (χ0n) is 8.75. The lowest BCUT2D eigenvalue weighted by Gasteiger charge is -2.25. The summed E-state index contributed by atoms with van der Waals surface area (Å²) in [5.41, 5.74) is 0. The third-order valence-corrected chi connectivity index (χ3v) is 4.03. The third-order valence-electron chi connectivity index (χ3n) is 2.88. The molecule has 78 valence electrons. The molecular weight excluding hydrogens is 192 g/mol. The van der Waals surface area contributed by atoms with E-state index in [9.17, 15) is 0 Å². The van der Waals surface area contributed by atoms with Crippen LogP contribution in [0.3, 0.4) is 0 Å². The van der Waals surface area contributed by atoms with Gasteiger partial charge in [-0.3, -0.25) is 0 Å². The van der Waals surface area contributed by atoms with E-state index < -0.39 is 0 Å². The van der Waals surface area contributed by atoms with Gasteiger partial charge < -0.3 is 5.32 Å². The molecule has 0 aliphatic heterocycles. The van der Waals surface area contributed by atoms with Gasteiger partial charge in [0.05, 0.1) is 0 Å². The summed E-state index contributed by atoms with van der Waals surface area (Å²) in [5, 5.41) is 4.73. The zero-order chi connectivity index (χ0) is 9.80. The first kappa shape index (κ1) is 10.1. The van der Waals surface area contributed by atoms with Gasteiger partial charge in [0, 0.05) is 17.6 Å². The molecule has 1 N–H and O–H groups in total. The Hall–Kier alpha value is -0.410. The van der Waals surface area contributed by atoms with Gasteiger partial charge in [0.15, 0.2) is 0 Å². The number of aryl methyl sites for hydroxylation is 1. The van der Waals surface area contributed by atoms with E-state index in [2.05, 4.69) is 17.2 Å². The Labute approximate surface area is 89.8 Å². The van der Waals surface area contributed by atoms with Crippen LogP contribution < -0.4 is 5.32 Å². The van der Waals surface area contributed by atoms with E-state index in [0.717, 1.165) is 18.9 Å². The maximum absolute atomic E-state index is 4.38. The average molecular weight is 210 g/mol. The maximum Gasteiger partial charge on any atom is 0.107 e. The Balaban J connectivity index is 1.68. The molecule has 0 saturated heterocycles. The first-order valence-electron chi connectivity index (χ1n) is 5.52. The minimum Gasteiger partial charge on any atom is -0.310 e. The highest BCUT2D eigenvalue weighted by Gasteiger charge is 2.16. The van der Waals surface area contributed by atoms with Crippen LogP contribution in [0.15, 0.2) is 6.20 Å². The second-order valence-electron chi connectivity index (χ2n) is 4.00. The fourth-order valence-electron chi connectivity index (χ4n) is 1.67. The van der Waals surface area contributed by atoms with Crippen LogP contribution in [0.4, 0.5) is 0 Å². The van der Waals surface area contributed by atoms with Gasteiger partial charge in [0.2, 0.25) is 0 Å². The molecule has 3 heteroatoms. The van der Waals surface area contributed by atoms with Crippen LogP contribution in [-0.2, 0) is 13.0 Å². The minimum absolute atomic E-state index is 0.945. The van der Waals surface area contributed by atoms with Crippen molar-refractivity contribution in [2.45, 2.75) is 39.2 Å². The van der Waals surface area contributed by atoms with Crippen molar-refractivity contribution in [1.82, 2.24) is 10.3 Å². The molecule has 1 saturated carbocycles. The summed E-state index contributed by atoms with van der Waals surface area (Å²) in [4.78, 5) is 5.78. The molecule has 0 amide bonds. The summed E-state index contributed by atoms with van der Waals surface area (Å²) in [5.74, 6) is 0.945. The fourth-order valence-corrected chi connectivity index (χ4v) is 2.51. The molecule has 14 heavy (non-hydrogen) atoms. The lowest BCUT2D eigenvalue weighted by Crippen LogP contribution is -2.26. The van der Waals surface area contributed by atoms with Gasteiger partial charge in [0.1, 0.15) is 5.01 Å². The van der Waals surface area contributed by atoms with Gasteiger partial charge in [0.25, 0.3) is 0 Å². The number of thiazole rings is 1. The van der Waals surface area contributed by atoms with E-state index in [-0.39, 0.29) is 0 Å². The summed E-state index contributed by atoms with van der Waals surface area (Å²) >= 11 is 1.84. The quantitative estimate of drug-likeness (QED) is 0.808. The zero-order valence-corrected chi connectivity index (χ0v) is 9.57. The Kier molecular flexibility index (Phi) is 3.54. The van der Waals surface area contributed by atoms with E-state index >= 15 is 0 Å². The van der Waals surface area contributed by atoms with Gasteiger partial charge in [-0.1, -0.05) is 13.3 Å². The Morgan fingerprint density at radius 2 is 2.43 bits per heavy atom. The first-order chi connectivity index (χ1) is 6.88. The van der Waals surface area contributed by atoms with Crippen LogP contribution in [-0.4, -0.2) is 11.5 Å². The smallest absolute Gasteiger partial charge is 0.107 e. The molecule has 2 rings (SSSR count). The summed E-state index contributed by atoms with van der Waals surface area (Å²) in [7, 11) is 0. The third kappa shape index (κ3) is 2.55. The van der Waals surface area contributed by atoms with Gasteiger partial charge >= 0.3 is 0 Å². The van der Waals surface area contributed by atoms with Gasteiger partial charge in [-0.05, 0) is 31.7 Å². The summed E-state index contributed by atoms with van der Waals surface area (Å²) in [6.07, 6.45) is 7.39. The van der Waals surface area contributed by atoms with Crippen molar-refractivity contribution in [3.05, 3.63) is 16.1 Å². The summed E-state index contributed by atoms with van der Waals surface area (Å²) in [6.45, 7) is 4.32. The van der Waals surface area contributed by atoms with E-state index in [1.54, 1.807) is 0 Å². The molecule has 0 unspecified atom stereocenters. The molecule has 2 nitrogen and oxygen atoms in total. The molecule has 0 aromatic carbocycles. The monoisotopic (exact) mass is 210 g/mol. The molecule has 1 aliphatic carbocycles. The summed E-state index contributed by atoms with van der Waals surface area (Å²) in [6, 6.07) is 0. The topological polar surface area (TPSA) is 24.9 Å². The largest absolute Gasteiger partial charge is 0.310 e. The van der Waals surface area contributed by atoms with Crippen LogP contribution in [0.2, 0.25) is 0 Å².